The maximum Gasteiger partial charge on any atom is 0.0802 e. The predicted octanol–water partition coefficient (Wildman–Crippen LogP) is 3.74. The number of hydrogen-bond acceptors (Lipinski definition) is 3. The van der Waals surface area contributed by atoms with Crippen LogP contribution in [-0.4, -0.2) is 17.4 Å². The molecule has 1 aliphatic carbocycles. The number of benzene rings is 1. The Morgan fingerprint density at radius 2 is 2.05 bits per heavy atom. The number of rotatable bonds is 6. The van der Waals surface area contributed by atoms with Gasteiger partial charge < -0.3 is 10.8 Å². The second kappa shape index (κ2) is 7.93. The highest BCUT2D eigenvalue weighted by molar-refractivity contribution is 7.99. The normalized spacial score (nSPS) is 18.4. The molecule has 0 spiro atoms. The van der Waals surface area contributed by atoms with Crippen LogP contribution >= 0.6 is 11.8 Å². The molecule has 0 amide bonds. The number of aliphatic hydroxyl groups is 1. The summed E-state index contributed by atoms with van der Waals surface area (Å²) in [5.74, 6) is 2.10. The van der Waals surface area contributed by atoms with Crippen LogP contribution < -0.4 is 5.73 Å². The molecule has 0 aliphatic heterocycles. The van der Waals surface area contributed by atoms with Crippen molar-refractivity contribution in [2.45, 2.75) is 49.5 Å². The van der Waals surface area contributed by atoms with Crippen LogP contribution in [0.1, 0.15) is 50.2 Å². The third-order valence-corrected chi connectivity index (χ3v) is 5.12. The Kier molecular flexibility index (Phi) is 6.21. The fourth-order valence-corrected chi connectivity index (χ4v) is 3.86. The minimum absolute atomic E-state index is 0.416. The summed E-state index contributed by atoms with van der Waals surface area (Å²) in [7, 11) is 0. The Bertz CT molecular complexity index is 377. The zero-order chi connectivity index (χ0) is 13.5. The van der Waals surface area contributed by atoms with Gasteiger partial charge in [-0.2, -0.15) is 0 Å². The zero-order valence-electron chi connectivity index (χ0n) is 11.6. The van der Waals surface area contributed by atoms with Crippen LogP contribution in [0.5, 0.6) is 0 Å². The Morgan fingerprint density at radius 1 is 1.26 bits per heavy atom. The molecule has 3 heteroatoms. The molecule has 0 bridgehead atoms. The minimum atomic E-state index is -0.416. The van der Waals surface area contributed by atoms with Gasteiger partial charge in [-0.05, 0) is 49.4 Å². The van der Waals surface area contributed by atoms with E-state index in [1.165, 1.54) is 42.8 Å². The van der Waals surface area contributed by atoms with Gasteiger partial charge in [-0.1, -0.05) is 31.4 Å². The first kappa shape index (κ1) is 14.9. The number of hydrogen-bond donors (Lipinski definition) is 2. The van der Waals surface area contributed by atoms with Gasteiger partial charge in [0.2, 0.25) is 0 Å². The van der Waals surface area contributed by atoms with E-state index in [1.54, 1.807) is 0 Å². The van der Waals surface area contributed by atoms with Gasteiger partial charge in [0.1, 0.15) is 0 Å². The second-order valence-electron chi connectivity index (χ2n) is 5.48. The third kappa shape index (κ3) is 4.83. The highest BCUT2D eigenvalue weighted by atomic mass is 32.2. The van der Waals surface area contributed by atoms with Gasteiger partial charge in [0.25, 0.3) is 0 Å². The van der Waals surface area contributed by atoms with Crippen LogP contribution in [-0.2, 0) is 0 Å². The van der Waals surface area contributed by atoms with Crippen LogP contribution in [0.3, 0.4) is 0 Å². The zero-order valence-corrected chi connectivity index (χ0v) is 12.4. The first-order valence-electron chi connectivity index (χ1n) is 7.40. The molecule has 1 aliphatic rings. The molecular formula is C16H25NOS. The molecule has 1 atom stereocenters. The summed E-state index contributed by atoms with van der Waals surface area (Å²) < 4.78 is 0. The molecule has 106 valence electrons. The van der Waals surface area contributed by atoms with Gasteiger partial charge in [-0.15, -0.1) is 11.8 Å². The van der Waals surface area contributed by atoms with E-state index < -0.39 is 6.10 Å². The third-order valence-electron chi connectivity index (χ3n) is 3.89. The number of aliphatic hydroxyl groups excluding tert-OH is 1. The molecule has 19 heavy (non-hydrogen) atoms. The largest absolute Gasteiger partial charge is 0.388 e. The van der Waals surface area contributed by atoms with Crippen molar-refractivity contribution < 1.29 is 5.11 Å². The second-order valence-corrected chi connectivity index (χ2v) is 6.57. The average Bonchev–Trinajstić information content (AvgIpc) is 2.47. The smallest absolute Gasteiger partial charge is 0.0802 e. The Morgan fingerprint density at radius 3 is 2.79 bits per heavy atom. The van der Waals surface area contributed by atoms with E-state index in [0.29, 0.717) is 13.0 Å². The minimum Gasteiger partial charge on any atom is -0.388 e. The molecule has 0 unspecified atom stereocenters. The lowest BCUT2D eigenvalue weighted by Crippen LogP contribution is -2.08. The quantitative estimate of drug-likeness (QED) is 0.780. The summed E-state index contributed by atoms with van der Waals surface area (Å²) in [6.45, 7) is 0.528. The van der Waals surface area contributed by atoms with Crippen molar-refractivity contribution in [1.82, 2.24) is 0 Å². The van der Waals surface area contributed by atoms with E-state index in [1.807, 2.05) is 23.9 Å². The van der Waals surface area contributed by atoms with Crippen molar-refractivity contribution in [1.29, 1.82) is 0 Å². The van der Waals surface area contributed by atoms with Crippen molar-refractivity contribution in [3.8, 4) is 0 Å². The van der Waals surface area contributed by atoms with Crippen molar-refractivity contribution in [2.24, 2.45) is 11.7 Å². The van der Waals surface area contributed by atoms with E-state index in [4.69, 9.17) is 5.73 Å². The lowest BCUT2D eigenvalue weighted by Gasteiger charge is -2.21. The highest BCUT2D eigenvalue weighted by Gasteiger charge is 2.14. The van der Waals surface area contributed by atoms with Crippen LogP contribution in [0, 0.1) is 5.92 Å². The predicted molar refractivity (Wildman–Crippen MR) is 82.4 cm³/mol. The van der Waals surface area contributed by atoms with Crippen molar-refractivity contribution in [3.63, 3.8) is 0 Å². The van der Waals surface area contributed by atoms with Gasteiger partial charge in [0.05, 0.1) is 6.10 Å². The highest BCUT2D eigenvalue weighted by Crippen LogP contribution is 2.31. The standard InChI is InChI=1S/C16H25NOS/c17-10-9-16(18)14-7-4-8-15(11-14)19-12-13-5-2-1-3-6-13/h4,7-8,11,13,16,18H,1-3,5-6,9-10,12,17H2/t16-/m1/s1. The van der Waals surface area contributed by atoms with Crippen molar-refractivity contribution in [2.75, 3.05) is 12.3 Å². The van der Waals surface area contributed by atoms with E-state index >= 15 is 0 Å². The molecular weight excluding hydrogens is 254 g/mol. The average molecular weight is 279 g/mol. The van der Waals surface area contributed by atoms with Crippen LogP contribution in [0.15, 0.2) is 29.2 Å². The Hall–Kier alpha value is -0.510. The van der Waals surface area contributed by atoms with Gasteiger partial charge >= 0.3 is 0 Å². The summed E-state index contributed by atoms with van der Waals surface area (Å²) in [6, 6.07) is 8.29. The lowest BCUT2D eigenvalue weighted by molar-refractivity contribution is 0.170. The van der Waals surface area contributed by atoms with Gasteiger partial charge in [0.15, 0.2) is 0 Å². The molecule has 1 aromatic carbocycles. The molecule has 1 fully saturated rings. The first-order chi connectivity index (χ1) is 9.29. The molecule has 0 aromatic heterocycles. The fourth-order valence-electron chi connectivity index (χ4n) is 2.70. The van der Waals surface area contributed by atoms with E-state index in [-0.39, 0.29) is 0 Å². The van der Waals surface area contributed by atoms with Crippen LogP contribution in [0.2, 0.25) is 0 Å². The topological polar surface area (TPSA) is 46.2 Å². The first-order valence-corrected chi connectivity index (χ1v) is 8.39. The van der Waals surface area contributed by atoms with E-state index in [2.05, 4.69) is 12.1 Å². The molecule has 2 rings (SSSR count). The van der Waals surface area contributed by atoms with Crippen molar-refractivity contribution >= 4 is 11.8 Å². The van der Waals surface area contributed by atoms with E-state index in [0.717, 1.165) is 11.5 Å². The Labute approximate surface area is 120 Å². The molecule has 0 saturated heterocycles. The number of nitrogens with two attached hydrogens (primary N) is 1. The van der Waals surface area contributed by atoms with Crippen LogP contribution in [0.4, 0.5) is 0 Å². The number of thioether (sulfide) groups is 1. The van der Waals surface area contributed by atoms with Gasteiger partial charge in [-0.25, -0.2) is 0 Å². The molecule has 3 N–H and O–H groups in total. The maximum absolute atomic E-state index is 9.97. The summed E-state index contributed by atoms with van der Waals surface area (Å²) >= 11 is 1.93. The summed E-state index contributed by atoms with van der Waals surface area (Å²) in [5, 5.41) is 9.97. The monoisotopic (exact) mass is 279 g/mol. The lowest BCUT2D eigenvalue weighted by atomic mass is 9.91. The molecule has 1 saturated carbocycles. The Balaban J connectivity index is 1.87. The SMILES string of the molecule is NCC[C@@H](O)c1cccc(SCC2CCCCC2)c1. The summed E-state index contributed by atoms with van der Waals surface area (Å²) in [4.78, 5) is 1.28. The maximum atomic E-state index is 9.97. The summed E-state index contributed by atoms with van der Waals surface area (Å²) in [6.07, 6.45) is 7.23. The molecule has 2 nitrogen and oxygen atoms in total. The van der Waals surface area contributed by atoms with Gasteiger partial charge in [-0.3, -0.25) is 0 Å². The molecule has 0 heterocycles. The fraction of sp³-hybridized carbons (Fsp3) is 0.625. The summed E-state index contributed by atoms with van der Waals surface area (Å²) in [5.41, 5.74) is 6.49. The van der Waals surface area contributed by atoms with Gasteiger partial charge in [0, 0.05) is 10.6 Å². The van der Waals surface area contributed by atoms with Crippen LogP contribution in [0.25, 0.3) is 0 Å². The molecule has 1 aromatic rings. The molecule has 0 radical (unpaired) electrons. The van der Waals surface area contributed by atoms with Crippen molar-refractivity contribution in [3.05, 3.63) is 29.8 Å². The van der Waals surface area contributed by atoms with E-state index in [9.17, 15) is 5.11 Å².